The maximum absolute atomic E-state index is 14.3. The first-order valence-corrected chi connectivity index (χ1v) is 8.69. The van der Waals surface area contributed by atoms with Gasteiger partial charge in [-0.2, -0.15) is 13.2 Å². The van der Waals surface area contributed by atoms with Gasteiger partial charge in [-0.05, 0) is 35.9 Å². The number of para-hydroxylation sites is 1. The predicted molar refractivity (Wildman–Crippen MR) is 94.8 cm³/mol. The van der Waals surface area contributed by atoms with E-state index in [1.165, 1.54) is 24.3 Å². The van der Waals surface area contributed by atoms with Gasteiger partial charge in [0.2, 0.25) is 5.66 Å². The molecule has 0 radical (unpaired) electrons. The van der Waals surface area contributed by atoms with E-state index >= 15 is 0 Å². The number of halogens is 4. The lowest BCUT2D eigenvalue weighted by Gasteiger charge is -2.48. The third kappa shape index (κ3) is 3.19. The Hall–Kier alpha value is -2.06. The second kappa shape index (κ2) is 6.92. The highest BCUT2D eigenvalue weighted by Gasteiger charge is 2.62. The molecule has 0 spiro atoms. The molecule has 0 fully saturated rings. The van der Waals surface area contributed by atoms with Gasteiger partial charge in [-0.15, -0.1) is 0 Å². The Morgan fingerprint density at radius 1 is 1.19 bits per heavy atom. The average Bonchev–Trinajstić information content (AvgIpc) is 2.58. The Kier molecular flexibility index (Phi) is 4.98. The lowest BCUT2D eigenvalue weighted by atomic mass is 9.87. The molecule has 1 heterocycles. The Bertz CT molecular complexity index is 814. The van der Waals surface area contributed by atoms with E-state index in [0.29, 0.717) is 14.9 Å². The van der Waals surface area contributed by atoms with Crippen molar-refractivity contribution in [2.45, 2.75) is 18.3 Å². The summed E-state index contributed by atoms with van der Waals surface area (Å²) in [5.41, 5.74) is -1.92. The van der Waals surface area contributed by atoms with Crippen molar-refractivity contribution in [2.75, 3.05) is 18.5 Å². The quantitative estimate of drug-likeness (QED) is 0.778. The van der Waals surface area contributed by atoms with Gasteiger partial charge in [-0.25, -0.2) is 0 Å². The van der Waals surface area contributed by atoms with Crippen LogP contribution in [0.5, 0.6) is 0 Å². The SMILES string of the molecule is O=C1c2ccc(Br)cc2CC(Nc2ccccc2)(C(F)(F)F)N1CCO. The number of alkyl halides is 3. The number of anilines is 1. The Balaban J connectivity index is 2.17. The summed E-state index contributed by atoms with van der Waals surface area (Å²) in [7, 11) is 0. The van der Waals surface area contributed by atoms with Crippen molar-refractivity contribution in [3.63, 3.8) is 0 Å². The fourth-order valence-electron chi connectivity index (χ4n) is 3.20. The molecule has 0 saturated heterocycles. The largest absolute Gasteiger partial charge is 0.430 e. The third-order valence-electron chi connectivity index (χ3n) is 4.37. The van der Waals surface area contributed by atoms with Crippen LogP contribution in [0.1, 0.15) is 15.9 Å². The molecule has 8 heteroatoms. The topological polar surface area (TPSA) is 52.6 Å². The highest BCUT2D eigenvalue weighted by molar-refractivity contribution is 9.10. The first kappa shape index (κ1) is 18.7. The van der Waals surface area contributed by atoms with E-state index in [1.54, 1.807) is 24.3 Å². The van der Waals surface area contributed by atoms with Crippen LogP contribution in [0.25, 0.3) is 0 Å². The fourth-order valence-corrected chi connectivity index (χ4v) is 3.60. The van der Waals surface area contributed by atoms with Crippen molar-refractivity contribution < 1.29 is 23.1 Å². The summed E-state index contributed by atoms with van der Waals surface area (Å²) >= 11 is 3.24. The second-order valence-corrected chi connectivity index (χ2v) is 6.92. The molecule has 3 rings (SSSR count). The summed E-state index contributed by atoms with van der Waals surface area (Å²) in [6.07, 6.45) is -5.24. The Labute approximate surface area is 156 Å². The highest BCUT2D eigenvalue weighted by Crippen LogP contribution is 2.43. The standard InChI is InChI=1S/C18H16BrF3N2O2/c19-13-6-7-15-12(10-13)11-17(18(20,21)22,24(8-9-25)16(15)26)23-14-4-2-1-3-5-14/h1-7,10,23,25H,8-9,11H2. The predicted octanol–water partition coefficient (Wildman–Crippen LogP) is 3.81. The first-order valence-electron chi connectivity index (χ1n) is 7.90. The van der Waals surface area contributed by atoms with Crippen molar-refractivity contribution in [3.8, 4) is 0 Å². The maximum Gasteiger partial charge on any atom is 0.430 e. The summed E-state index contributed by atoms with van der Waals surface area (Å²) in [5.74, 6) is -0.770. The number of carbonyl (C=O) groups excluding carboxylic acids is 1. The number of hydrogen-bond acceptors (Lipinski definition) is 3. The van der Waals surface area contributed by atoms with E-state index < -0.39 is 37.3 Å². The Morgan fingerprint density at radius 3 is 2.50 bits per heavy atom. The maximum atomic E-state index is 14.3. The van der Waals surface area contributed by atoms with E-state index in [9.17, 15) is 23.1 Å². The molecule has 1 atom stereocenters. The number of rotatable bonds is 4. The van der Waals surface area contributed by atoms with Gasteiger partial charge in [0.15, 0.2) is 0 Å². The molecule has 0 aliphatic carbocycles. The van der Waals surface area contributed by atoms with Crippen LogP contribution in [0.4, 0.5) is 18.9 Å². The third-order valence-corrected chi connectivity index (χ3v) is 4.86. The summed E-state index contributed by atoms with van der Waals surface area (Å²) < 4.78 is 43.4. The number of benzene rings is 2. The van der Waals surface area contributed by atoms with Crippen LogP contribution in [0.3, 0.4) is 0 Å². The number of hydrogen-bond donors (Lipinski definition) is 2. The van der Waals surface area contributed by atoms with E-state index in [-0.39, 0.29) is 11.3 Å². The van der Waals surface area contributed by atoms with Crippen molar-refractivity contribution >= 4 is 27.5 Å². The summed E-state index contributed by atoms with van der Waals surface area (Å²) in [4.78, 5) is 13.5. The molecule has 138 valence electrons. The number of nitrogens with one attached hydrogen (secondary N) is 1. The summed E-state index contributed by atoms with van der Waals surface area (Å²) in [6.45, 7) is -1.01. The highest BCUT2D eigenvalue weighted by atomic mass is 79.9. The molecular formula is C18H16BrF3N2O2. The molecule has 1 amide bonds. The van der Waals surface area contributed by atoms with Gasteiger partial charge >= 0.3 is 6.18 Å². The number of carbonyl (C=O) groups is 1. The van der Waals surface area contributed by atoms with E-state index in [4.69, 9.17) is 0 Å². The number of nitrogens with zero attached hydrogens (tertiary/aromatic N) is 1. The van der Waals surface area contributed by atoms with Crippen LogP contribution in [0.15, 0.2) is 53.0 Å². The molecule has 26 heavy (non-hydrogen) atoms. The minimum Gasteiger partial charge on any atom is -0.395 e. The average molecular weight is 429 g/mol. The zero-order valence-corrected chi connectivity index (χ0v) is 15.1. The van der Waals surface area contributed by atoms with Crippen molar-refractivity contribution in [1.29, 1.82) is 0 Å². The van der Waals surface area contributed by atoms with Crippen molar-refractivity contribution in [1.82, 2.24) is 4.90 Å². The molecule has 2 N–H and O–H groups in total. The van der Waals surface area contributed by atoms with Crippen LogP contribution in [0.2, 0.25) is 0 Å². The molecule has 2 aromatic rings. The van der Waals surface area contributed by atoms with Crippen LogP contribution in [0, 0.1) is 0 Å². The molecule has 4 nitrogen and oxygen atoms in total. The number of aliphatic hydroxyl groups excluding tert-OH is 1. The molecular weight excluding hydrogens is 413 g/mol. The van der Waals surface area contributed by atoms with E-state index in [1.807, 2.05) is 0 Å². The van der Waals surface area contributed by atoms with Crippen LogP contribution in [-0.2, 0) is 6.42 Å². The number of amides is 1. The zero-order valence-electron chi connectivity index (χ0n) is 13.6. The number of aliphatic hydroxyl groups is 1. The molecule has 0 aromatic heterocycles. The molecule has 1 unspecified atom stereocenters. The normalized spacial score (nSPS) is 20.0. The molecule has 1 aliphatic heterocycles. The van der Waals surface area contributed by atoms with Gasteiger partial charge in [0.1, 0.15) is 0 Å². The second-order valence-electron chi connectivity index (χ2n) is 6.01. The van der Waals surface area contributed by atoms with E-state index in [2.05, 4.69) is 21.2 Å². The molecule has 0 saturated carbocycles. The Morgan fingerprint density at radius 2 is 1.88 bits per heavy atom. The van der Waals surface area contributed by atoms with Gasteiger partial charge in [0.05, 0.1) is 6.61 Å². The van der Waals surface area contributed by atoms with Crippen LogP contribution >= 0.6 is 15.9 Å². The summed E-state index contributed by atoms with van der Waals surface area (Å²) in [6, 6.07) is 12.5. The van der Waals surface area contributed by atoms with E-state index in [0.717, 1.165) is 0 Å². The lowest BCUT2D eigenvalue weighted by molar-refractivity contribution is -0.216. The molecule has 1 aliphatic rings. The fraction of sp³-hybridized carbons (Fsp3) is 0.278. The smallest absolute Gasteiger partial charge is 0.395 e. The van der Waals surface area contributed by atoms with Gasteiger partial charge in [-0.1, -0.05) is 34.1 Å². The molecule has 2 aromatic carbocycles. The van der Waals surface area contributed by atoms with Crippen LogP contribution < -0.4 is 5.32 Å². The summed E-state index contributed by atoms with van der Waals surface area (Å²) in [5, 5.41) is 11.8. The zero-order chi connectivity index (χ0) is 18.9. The molecule has 0 bridgehead atoms. The minimum absolute atomic E-state index is 0.205. The van der Waals surface area contributed by atoms with Crippen LogP contribution in [-0.4, -0.2) is 40.9 Å². The number of fused-ring (bicyclic) bond motifs is 1. The van der Waals surface area contributed by atoms with Gasteiger partial charge in [0.25, 0.3) is 5.91 Å². The number of β-amino-alcohol motifs (C(OH)–C–C–N with tert-alkyl or cyclic N) is 1. The lowest BCUT2D eigenvalue weighted by Crippen LogP contribution is -2.69. The van der Waals surface area contributed by atoms with Crippen molar-refractivity contribution in [2.24, 2.45) is 0 Å². The minimum atomic E-state index is -4.77. The van der Waals surface area contributed by atoms with Gasteiger partial charge < -0.3 is 15.3 Å². The monoisotopic (exact) mass is 428 g/mol. The van der Waals surface area contributed by atoms with Gasteiger partial charge in [0, 0.05) is 28.7 Å². The first-order chi connectivity index (χ1) is 12.3. The van der Waals surface area contributed by atoms with Crippen molar-refractivity contribution in [3.05, 3.63) is 64.1 Å². The van der Waals surface area contributed by atoms with Gasteiger partial charge in [-0.3, -0.25) is 4.79 Å².